The number of hydrogen-bond donors (Lipinski definition) is 0. The van der Waals surface area contributed by atoms with Crippen LogP contribution in [0.3, 0.4) is 0 Å². The Labute approximate surface area is 137 Å². The van der Waals surface area contributed by atoms with Crippen LogP contribution in [0, 0.1) is 30.2 Å². The summed E-state index contributed by atoms with van der Waals surface area (Å²) >= 11 is 0. The molecule has 1 aliphatic carbocycles. The molecule has 5 heteroatoms. The van der Waals surface area contributed by atoms with Gasteiger partial charge in [-0.25, -0.2) is 17.6 Å². The summed E-state index contributed by atoms with van der Waals surface area (Å²) < 4.78 is 56.7. The second kappa shape index (κ2) is 6.38. The summed E-state index contributed by atoms with van der Waals surface area (Å²) in [6, 6.07) is 5.25. The van der Waals surface area contributed by atoms with Gasteiger partial charge in [-0.05, 0) is 36.8 Å². The lowest BCUT2D eigenvalue weighted by Gasteiger charge is -2.22. The van der Waals surface area contributed by atoms with Gasteiger partial charge in [0.2, 0.25) is 0 Å². The SMILES string of the molecule is Cc1ccc(-c2ccc(C3CCC(=O)CC3)c(F)c2F)c(F)c1F. The lowest BCUT2D eigenvalue weighted by Crippen LogP contribution is -2.14. The molecule has 0 radical (unpaired) electrons. The van der Waals surface area contributed by atoms with Crippen LogP contribution in [0.25, 0.3) is 11.1 Å². The molecule has 0 amide bonds. The molecule has 1 aliphatic rings. The Morgan fingerprint density at radius 1 is 0.792 bits per heavy atom. The molecule has 0 aromatic heterocycles. The van der Waals surface area contributed by atoms with Gasteiger partial charge in [-0.15, -0.1) is 0 Å². The van der Waals surface area contributed by atoms with Crippen molar-refractivity contribution in [2.24, 2.45) is 0 Å². The number of ketones is 1. The normalized spacial score (nSPS) is 15.8. The third kappa shape index (κ3) is 2.83. The standard InChI is InChI=1S/C19H16F4O/c1-10-2-7-14(18(22)16(10)20)15-9-8-13(17(21)19(15)23)11-3-5-12(24)6-4-11/h2,7-9,11H,3-6H2,1H3. The second-order valence-electron chi connectivity index (χ2n) is 6.20. The van der Waals surface area contributed by atoms with Gasteiger partial charge in [-0.2, -0.15) is 0 Å². The highest BCUT2D eigenvalue weighted by Gasteiger charge is 2.26. The smallest absolute Gasteiger partial charge is 0.167 e. The minimum Gasteiger partial charge on any atom is -0.300 e. The van der Waals surface area contributed by atoms with Crippen LogP contribution in [0.2, 0.25) is 0 Å². The van der Waals surface area contributed by atoms with Crippen molar-refractivity contribution in [3.05, 3.63) is 58.7 Å². The molecular weight excluding hydrogens is 320 g/mol. The van der Waals surface area contributed by atoms with Crippen LogP contribution < -0.4 is 0 Å². The van der Waals surface area contributed by atoms with Gasteiger partial charge in [0.15, 0.2) is 23.3 Å². The maximum Gasteiger partial charge on any atom is 0.167 e. The second-order valence-corrected chi connectivity index (χ2v) is 6.20. The summed E-state index contributed by atoms with van der Waals surface area (Å²) in [5.74, 6) is -4.60. The molecule has 1 nitrogen and oxygen atoms in total. The first kappa shape index (κ1) is 16.7. The van der Waals surface area contributed by atoms with Gasteiger partial charge < -0.3 is 0 Å². The van der Waals surface area contributed by atoms with Crippen LogP contribution in [0.4, 0.5) is 17.6 Å². The molecule has 0 N–H and O–H groups in total. The number of aryl methyl sites for hydroxylation is 1. The predicted octanol–water partition coefficient (Wildman–Crippen LogP) is 5.45. The van der Waals surface area contributed by atoms with Gasteiger partial charge in [-0.1, -0.05) is 24.3 Å². The Morgan fingerprint density at radius 3 is 1.96 bits per heavy atom. The van der Waals surface area contributed by atoms with E-state index in [1.165, 1.54) is 31.2 Å². The van der Waals surface area contributed by atoms with Crippen LogP contribution in [0.5, 0.6) is 0 Å². The maximum atomic E-state index is 14.5. The summed E-state index contributed by atoms with van der Waals surface area (Å²) in [6.07, 6.45) is 1.65. The number of carbonyl (C=O) groups is 1. The molecule has 0 unspecified atom stereocenters. The fourth-order valence-electron chi connectivity index (χ4n) is 3.19. The molecule has 0 aliphatic heterocycles. The first-order valence-electron chi connectivity index (χ1n) is 7.84. The van der Waals surface area contributed by atoms with E-state index >= 15 is 0 Å². The quantitative estimate of drug-likeness (QED) is 0.667. The Hall–Kier alpha value is -2.17. The average molecular weight is 336 g/mol. The van der Waals surface area contributed by atoms with Crippen molar-refractivity contribution in [1.29, 1.82) is 0 Å². The van der Waals surface area contributed by atoms with Crippen molar-refractivity contribution >= 4 is 5.78 Å². The largest absolute Gasteiger partial charge is 0.300 e. The van der Waals surface area contributed by atoms with E-state index in [2.05, 4.69) is 0 Å². The zero-order valence-electron chi connectivity index (χ0n) is 13.1. The number of Topliss-reactive ketones (excluding diaryl/α,β-unsaturated/α-hetero) is 1. The topological polar surface area (TPSA) is 17.1 Å². The fourth-order valence-corrected chi connectivity index (χ4v) is 3.19. The van der Waals surface area contributed by atoms with E-state index in [0.29, 0.717) is 25.7 Å². The zero-order chi connectivity index (χ0) is 17.4. The van der Waals surface area contributed by atoms with Gasteiger partial charge in [-0.3, -0.25) is 4.79 Å². The summed E-state index contributed by atoms with van der Waals surface area (Å²) in [6.45, 7) is 1.40. The molecule has 0 atom stereocenters. The summed E-state index contributed by atoms with van der Waals surface area (Å²) in [5, 5.41) is 0. The number of halogens is 4. The van der Waals surface area contributed by atoms with E-state index in [-0.39, 0.29) is 34.0 Å². The van der Waals surface area contributed by atoms with E-state index in [0.717, 1.165) is 0 Å². The monoisotopic (exact) mass is 336 g/mol. The van der Waals surface area contributed by atoms with Crippen molar-refractivity contribution in [2.75, 3.05) is 0 Å². The first-order chi connectivity index (χ1) is 11.4. The lowest BCUT2D eigenvalue weighted by molar-refractivity contribution is -0.120. The van der Waals surface area contributed by atoms with Gasteiger partial charge in [0.05, 0.1) is 0 Å². The maximum absolute atomic E-state index is 14.5. The predicted molar refractivity (Wildman–Crippen MR) is 82.7 cm³/mol. The van der Waals surface area contributed by atoms with Gasteiger partial charge >= 0.3 is 0 Å². The minimum atomic E-state index is -1.19. The van der Waals surface area contributed by atoms with Gasteiger partial charge in [0.25, 0.3) is 0 Å². The lowest BCUT2D eigenvalue weighted by atomic mass is 9.82. The molecular formula is C19H16F4O. The molecule has 0 spiro atoms. The molecule has 0 bridgehead atoms. The van der Waals surface area contributed by atoms with Crippen LogP contribution in [-0.2, 0) is 4.79 Å². The van der Waals surface area contributed by atoms with E-state index in [1.807, 2.05) is 0 Å². The molecule has 0 saturated heterocycles. The third-order valence-electron chi connectivity index (χ3n) is 4.66. The Bertz CT molecular complexity index is 803. The van der Waals surface area contributed by atoms with Gasteiger partial charge in [0, 0.05) is 24.0 Å². The number of benzene rings is 2. The third-order valence-corrected chi connectivity index (χ3v) is 4.66. The molecule has 0 heterocycles. The van der Waals surface area contributed by atoms with Crippen LogP contribution in [-0.4, -0.2) is 5.78 Å². The number of hydrogen-bond acceptors (Lipinski definition) is 1. The van der Waals surface area contributed by atoms with Crippen molar-refractivity contribution in [1.82, 2.24) is 0 Å². The van der Waals surface area contributed by atoms with Crippen molar-refractivity contribution in [3.8, 4) is 11.1 Å². The Balaban J connectivity index is 2.02. The molecule has 2 aromatic carbocycles. The van der Waals surface area contributed by atoms with E-state index in [4.69, 9.17) is 0 Å². The molecule has 3 rings (SSSR count). The van der Waals surface area contributed by atoms with Crippen LogP contribution >= 0.6 is 0 Å². The zero-order valence-corrected chi connectivity index (χ0v) is 13.1. The van der Waals surface area contributed by atoms with Crippen LogP contribution in [0.15, 0.2) is 24.3 Å². The first-order valence-corrected chi connectivity index (χ1v) is 7.84. The highest BCUT2D eigenvalue weighted by atomic mass is 19.2. The number of carbonyl (C=O) groups excluding carboxylic acids is 1. The molecule has 2 aromatic rings. The van der Waals surface area contributed by atoms with Crippen molar-refractivity contribution < 1.29 is 22.4 Å². The highest BCUT2D eigenvalue weighted by molar-refractivity contribution is 5.79. The molecule has 1 saturated carbocycles. The summed E-state index contributed by atoms with van der Waals surface area (Å²) in [4.78, 5) is 11.3. The van der Waals surface area contributed by atoms with Crippen molar-refractivity contribution in [3.63, 3.8) is 0 Å². The van der Waals surface area contributed by atoms with E-state index in [9.17, 15) is 22.4 Å². The van der Waals surface area contributed by atoms with Crippen LogP contribution in [0.1, 0.15) is 42.7 Å². The average Bonchev–Trinajstić information content (AvgIpc) is 2.57. The van der Waals surface area contributed by atoms with Crippen molar-refractivity contribution in [2.45, 2.75) is 38.5 Å². The fraction of sp³-hybridized carbons (Fsp3) is 0.316. The minimum absolute atomic E-state index is 0.0978. The van der Waals surface area contributed by atoms with Gasteiger partial charge in [0.1, 0.15) is 5.78 Å². The van der Waals surface area contributed by atoms with E-state index < -0.39 is 23.3 Å². The Morgan fingerprint density at radius 2 is 1.33 bits per heavy atom. The Kier molecular flexibility index (Phi) is 4.43. The number of rotatable bonds is 2. The van der Waals surface area contributed by atoms with E-state index in [1.54, 1.807) is 0 Å². The molecule has 24 heavy (non-hydrogen) atoms. The molecule has 126 valence electrons. The highest BCUT2D eigenvalue weighted by Crippen LogP contribution is 2.37. The molecule has 1 fully saturated rings. The summed E-state index contributed by atoms with van der Waals surface area (Å²) in [5.41, 5.74) is -0.322. The summed E-state index contributed by atoms with van der Waals surface area (Å²) in [7, 11) is 0.